The van der Waals surface area contributed by atoms with E-state index in [1.807, 2.05) is 19.1 Å². The third-order valence-electron chi connectivity index (χ3n) is 4.58. The summed E-state index contributed by atoms with van der Waals surface area (Å²) in [6, 6.07) is 9.72. The van der Waals surface area contributed by atoms with Crippen molar-refractivity contribution in [3.8, 4) is 0 Å². The minimum absolute atomic E-state index is 0.204. The number of sulfone groups is 1. The Morgan fingerprint density at radius 3 is 2.50 bits per heavy atom. The summed E-state index contributed by atoms with van der Waals surface area (Å²) in [4.78, 5) is 12.7. The fraction of sp³-hybridized carbons (Fsp3) is 0.389. The molecule has 1 aliphatic carbocycles. The maximum Gasteiger partial charge on any atom is 0.252 e. The molecule has 2 aromatic rings. The van der Waals surface area contributed by atoms with Crippen LogP contribution in [-0.4, -0.2) is 20.6 Å². The standard InChI is InChI=1S/C18H21NO3S2/c1-13-6-5-7-15(10-13)18(8-3-4-9-18)19-17(20)14-11-16(23-12-14)24(2,21)22/h5-7,10-12H,3-4,8-9H2,1-2H3,(H,19,20). The Balaban J connectivity index is 1.89. The Hall–Kier alpha value is -1.66. The largest absolute Gasteiger partial charge is 0.342 e. The molecular weight excluding hydrogens is 342 g/mol. The number of rotatable bonds is 4. The number of amides is 1. The monoisotopic (exact) mass is 363 g/mol. The number of aryl methyl sites for hydroxylation is 1. The van der Waals surface area contributed by atoms with E-state index in [0.29, 0.717) is 5.56 Å². The van der Waals surface area contributed by atoms with Gasteiger partial charge in [-0.2, -0.15) is 0 Å². The lowest BCUT2D eigenvalue weighted by Crippen LogP contribution is -2.43. The molecule has 1 N–H and O–H groups in total. The minimum atomic E-state index is -3.28. The van der Waals surface area contributed by atoms with Crippen molar-refractivity contribution in [1.29, 1.82) is 0 Å². The molecule has 1 amide bonds. The maximum atomic E-state index is 12.7. The molecule has 6 heteroatoms. The fourth-order valence-corrected chi connectivity index (χ4v) is 5.12. The zero-order chi connectivity index (χ0) is 17.4. The third kappa shape index (κ3) is 3.39. The predicted molar refractivity (Wildman–Crippen MR) is 96.2 cm³/mol. The molecule has 0 radical (unpaired) electrons. The minimum Gasteiger partial charge on any atom is -0.342 e. The molecule has 0 atom stereocenters. The molecule has 3 rings (SSSR count). The van der Waals surface area contributed by atoms with Gasteiger partial charge in [0, 0.05) is 11.6 Å². The molecule has 4 nitrogen and oxygen atoms in total. The topological polar surface area (TPSA) is 63.2 Å². The average molecular weight is 364 g/mol. The quantitative estimate of drug-likeness (QED) is 0.902. The first-order chi connectivity index (χ1) is 11.3. The van der Waals surface area contributed by atoms with E-state index in [0.717, 1.165) is 48.8 Å². The van der Waals surface area contributed by atoms with Crippen LogP contribution in [0.25, 0.3) is 0 Å². The van der Waals surface area contributed by atoms with Gasteiger partial charge in [-0.3, -0.25) is 4.79 Å². The van der Waals surface area contributed by atoms with Crippen molar-refractivity contribution in [1.82, 2.24) is 5.32 Å². The van der Waals surface area contributed by atoms with Crippen LogP contribution < -0.4 is 5.32 Å². The number of carbonyl (C=O) groups is 1. The van der Waals surface area contributed by atoms with Gasteiger partial charge in [0.05, 0.1) is 11.1 Å². The van der Waals surface area contributed by atoms with Gasteiger partial charge in [0.2, 0.25) is 0 Å². The van der Waals surface area contributed by atoms with Crippen molar-refractivity contribution >= 4 is 27.1 Å². The molecule has 0 saturated heterocycles. The van der Waals surface area contributed by atoms with Crippen molar-refractivity contribution in [3.63, 3.8) is 0 Å². The van der Waals surface area contributed by atoms with Gasteiger partial charge in [0.1, 0.15) is 4.21 Å². The third-order valence-corrected chi connectivity index (χ3v) is 7.35. The Morgan fingerprint density at radius 1 is 1.21 bits per heavy atom. The number of benzene rings is 1. The summed E-state index contributed by atoms with van der Waals surface area (Å²) >= 11 is 1.09. The first kappa shape index (κ1) is 17.2. The molecule has 1 heterocycles. The van der Waals surface area contributed by atoms with Crippen LogP contribution >= 0.6 is 11.3 Å². The van der Waals surface area contributed by atoms with Crippen molar-refractivity contribution in [3.05, 3.63) is 52.4 Å². The second-order valence-electron chi connectivity index (χ2n) is 6.54. The molecule has 1 aromatic heterocycles. The van der Waals surface area contributed by atoms with E-state index < -0.39 is 9.84 Å². The highest BCUT2D eigenvalue weighted by Gasteiger charge is 2.37. The number of thiophene rings is 1. The second-order valence-corrected chi connectivity index (χ2v) is 9.69. The molecule has 24 heavy (non-hydrogen) atoms. The van der Waals surface area contributed by atoms with Gasteiger partial charge in [0.25, 0.3) is 5.91 Å². The summed E-state index contributed by atoms with van der Waals surface area (Å²) in [6.07, 6.45) is 5.13. The van der Waals surface area contributed by atoms with E-state index in [4.69, 9.17) is 0 Å². The summed E-state index contributed by atoms with van der Waals surface area (Å²) in [5.74, 6) is -0.204. The van der Waals surface area contributed by atoms with Gasteiger partial charge >= 0.3 is 0 Å². The number of hydrogen-bond donors (Lipinski definition) is 1. The molecular formula is C18H21NO3S2. The summed E-state index contributed by atoms with van der Waals surface area (Å²) < 4.78 is 23.5. The lowest BCUT2D eigenvalue weighted by Gasteiger charge is -2.31. The zero-order valence-corrected chi connectivity index (χ0v) is 15.5. The van der Waals surface area contributed by atoms with Gasteiger partial charge in [-0.1, -0.05) is 42.7 Å². The lowest BCUT2D eigenvalue weighted by atomic mass is 9.87. The molecule has 0 bridgehead atoms. The van der Waals surface area contributed by atoms with E-state index in [1.54, 1.807) is 5.38 Å². The molecule has 1 saturated carbocycles. The van der Waals surface area contributed by atoms with Crippen LogP contribution in [0.1, 0.15) is 47.2 Å². The smallest absolute Gasteiger partial charge is 0.252 e. The Labute approximate surface area is 146 Å². The van der Waals surface area contributed by atoms with Crippen molar-refractivity contribution in [2.24, 2.45) is 0 Å². The number of nitrogens with one attached hydrogen (secondary N) is 1. The van der Waals surface area contributed by atoms with Crippen LogP contribution in [0, 0.1) is 6.92 Å². The van der Waals surface area contributed by atoms with Crippen LogP contribution in [0.3, 0.4) is 0 Å². The molecule has 0 aliphatic heterocycles. The molecule has 1 fully saturated rings. The van der Waals surface area contributed by atoms with Gasteiger partial charge in [-0.15, -0.1) is 11.3 Å². The highest BCUT2D eigenvalue weighted by Crippen LogP contribution is 2.39. The zero-order valence-electron chi connectivity index (χ0n) is 13.8. The molecule has 0 spiro atoms. The van der Waals surface area contributed by atoms with E-state index >= 15 is 0 Å². The second kappa shape index (κ2) is 6.33. The fourth-order valence-electron chi connectivity index (χ4n) is 3.33. The van der Waals surface area contributed by atoms with Crippen LogP contribution in [-0.2, 0) is 15.4 Å². The van der Waals surface area contributed by atoms with Crippen LogP contribution in [0.15, 0.2) is 39.9 Å². The van der Waals surface area contributed by atoms with Crippen LogP contribution in [0.4, 0.5) is 0 Å². The number of hydrogen-bond acceptors (Lipinski definition) is 4. The van der Waals surface area contributed by atoms with Crippen LogP contribution in [0.2, 0.25) is 0 Å². The van der Waals surface area contributed by atoms with E-state index in [1.165, 1.54) is 11.6 Å². The van der Waals surface area contributed by atoms with E-state index in [-0.39, 0.29) is 15.7 Å². The Morgan fingerprint density at radius 2 is 1.92 bits per heavy atom. The predicted octanol–water partition coefficient (Wildman–Crippen LogP) is 3.66. The van der Waals surface area contributed by atoms with Gasteiger partial charge in [-0.25, -0.2) is 8.42 Å². The van der Waals surface area contributed by atoms with Crippen LogP contribution in [0.5, 0.6) is 0 Å². The first-order valence-electron chi connectivity index (χ1n) is 7.98. The SMILES string of the molecule is Cc1cccc(C2(NC(=O)c3csc(S(C)(=O)=O)c3)CCCC2)c1. The highest BCUT2D eigenvalue weighted by atomic mass is 32.2. The normalized spacial score (nSPS) is 16.9. The Bertz CT molecular complexity index is 862. The molecule has 128 valence electrons. The Kier molecular flexibility index (Phi) is 4.53. The van der Waals surface area contributed by atoms with Crippen molar-refractivity contribution in [2.45, 2.75) is 42.4 Å². The number of carbonyl (C=O) groups excluding carboxylic acids is 1. The molecule has 1 aromatic carbocycles. The van der Waals surface area contributed by atoms with Crippen molar-refractivity contribution < 1.29 is 13.2 Å². The van der Waals surface area contributed by atoms with Crippen molar-refractivity contribution in [2.75, 3.05) is 6.26 Å². The van der Waals surface area contributed by atoms with Gasteiger partial charge in [-0.05, 0) is 31.4 Å². The summed E-state index contributed by atoms with van der Waals surface area (Å²) in [5.41, 5.74) is 2.37. The van der Waals surface area contributed by atoms with E-state index in [9.17, 15) is 13.2 Å². The average Bonchev–Trinajstić information content (AvgIpc) is 3.16. The highest BCUT2D eigenvalue weighted by molar-refractivity contribution is 7.92. The summed E-state index contributed by atoms with van der Waals surface area (Å²) in [7, 11) is -3.28. The van der Waals surface area contributed by atoms with Gasteiger partial charge in [0.15, 0.2) is 9.84 Å². The maximum absolute atomic E-state index is 12.7. The lowest BCUT2D eigenvalue weighted by molar-refractivity contribution is 0.0898. The van der Waals surface area contributed by atoms with Gasteiger partial charge < -0.3 is 5.32 Å². The molecule has 1 aliphatic rings. The summed E-state index contributed by atoms with van der Waals surface area (Å²) in [5, 5.41) is 4.81. The van der Waals surface area contributed by atoms with E-state index in [2.05, 4.69) is 17.4 Å². The first-order valence-corrected chi connectivity index (χ1v) is 10.8. The molecule has 0 unspecified atom stereocenters. The summed E-state index contributed by atoms with van der Waals surface area (Å²) in [6.45, 7) is 2.05.